The second-order valence-corrected chi connectivity index (χ2v) is 9.86. The molecule has 2 aliphatic heterocycles. The summed E-state index contributed by atoms with van der Waals surface area (Å²) in [5.41, 5.74) is -0.368. The molecule has 0 radical (unpaired) electrons. The number of nitrogens with zero attached hydrogens (tertiary/aromatic N) is 4. The van der Waals surface area contributed by atoms with Crippen molar-refractivity contribution in [2.24, 2.45) is 0 Å². The molecule has 6 rings (SSSR count). The molecule has 188 valence electrons. The Morgan fingerprint density at radius 2 is 1.89 bits per heavy atom. The molecule has 36 heavy (non-hydrogen) atoms. The lowest BCUT2D eigenvalue weighted by atomic mass is 10.1. The Balaban J connectivity index is 1.32. The van der Waals surface area contributed by atoms with Gasteiger partial charge in [-0.25, -0.2) is 19.2 Å². The molecule has 0 spiro atoms. The van der Waals surface area contributed by atoms with Gasteiger partial charge in [0.1, 0.15) is 35.3 Å². The van der Waals surface area contributed by atoms with Crippen LogP contribution < -0.4 is 25.7 Å². The lowest BCUT2D eigenvalue weighted by Gasteiger charge is -2.31. The molecule has 0 amide bonds. The number of aromatic carboxylic acids is 1. The Hall–Kier alpha value is -3.89. The van der Waals surface area contributed by atoms with Gasteiger partial charge in [-0.15, -0.1) is 0 Å². The smallest absolute Gasteiger partial charge is 0.341 e. The third-order valence-corrected chi connectivity index (χ3v) is 7.00. The zero-order valence-electron chi connectivity index (χ0n) is 20.0. The van der Waals surface area contributed by atoms with E-state index < -0.39 is 17.2 Å². The summed E-state index contributed by atoms with van der Waals surface area (Å²) in [7, 11) is 0. The van der Waals surface area contributed by atoms with Crippen molar-refractivity contribution in [2.45, 2.75) is 51.2 Å². The van der Waals surface area contributed by atoms with Gasteiger partial charge in [0, 0.05) is 37.4 Å². The number of hydrogen-bond donors (Lipinski definition) is 3. The summed E-state index contributed by atoms with van der Waals surface area (Å²) in [6.45, 7) is 5.06. The molecule has 3 aromatic rings. The van der Waals surface area contributed by atoms with Crippen LogP contribution in [-0.2, 0) is 0 Å². The largest absolute Gasteiger partial charge is 0.487 e. The van der Waals surface area contributed by atoms with Crippen LogP contribution in [-0.4, -0.2) is 57.4 Å². The average Bonchev–Trinajstić information content (AvgIpc) is 3.52. The van der Waals surface area contributed by atoms with Gasteiger partial charge in [-0.1, -0.05) is 0 Å². The van der Waals surface area contributed by atoms with Crippen LogP contribution >= 0.6 is 0 Å². The van der Waals surface area contributed by atoms with E-state index >= 15 is 4.39 Å². The highest BCUT2D eigenvalue weighted by Crippen LogP contribution is 2.43. The fraction of sp³-hybridized carbons (Fsp3) is 0.440. The normalized spacial score (nSPS) is 20.9. The molecule has 2 aromatic heterocycles. The summed E-state index contributed by atoms with van der Waals surface area (Å²) in [5, 5.41) is 16.3. The number of carboxylic acids is 1. The average molecular weight is 495 g/mol. The van der Waals surface area contributed by atoms with Crippen LogP contribution in [0.2, 0.25) is 0 Å². The minimum Gasteiger partial charge on any atom is -0.487 e. The molecule has 1 unspecified atom stereocenters. The van der Waals surface area contributed by atoms with E-state index in [2.05, 4.69) is 20.6 Å². The first-order chi connectivity index (χ1) is 17.3. The van der Waals surface area contributed by atoms with Crippen molar-refractivity contribution in [3.63, 3.8) is 0 Å². The van der Waals surface area contributed by atoms with Gasteiger partial charge in [-0.05, 0) is 39.2 Å². The zero-order valence-corrected chi connectivity index (χ0v) is 20.0. The number of benzene rings is 1. The van der Waals surface area contributed by atoms with Crippen molar-refractivity contribution in [3.8, 4) is 5.75 Å². The topological polar surface area (TPSA) is 122 Å². The molecule has 1 saturated carbocycles. The van der Waals surface area contributed by atoms with E-state index in [0.717, 1.165) is 37.0 Å². The molecule has 10 nitrogen and oxygen atoms in total. The van der Waals surface area contributed by atoms with E-state index in [1.807, 2.05) is 24.8 Å². The van der Waals surface area contributed by atoms with Gasteiger partial charge in [0.25, 0.3) is 0 Å². The van der Waals surface area contributed by atoms with Crippen molar-refractivity contribution < 1.29 is 19.0 Å². The van der Waals surface area contributed by atoms with Crippen LogP contribution in [0.4, 0.5) is 21.7 Å². The molecule has 3 N–H and O–H groups in total. The highest BCUT2D eigenvalue weighted by atomic mass is 19.1. The minimum atomic E-state index is -1.33. The predicted molar refractivity (Wildman–Crippen MR) is 133 cm³/mol. The molecular weight excluding hydrogens is 467 g/mol. The van der Waals surface area contributed by atoms with E-state index in [4.69, 9.17) is 4.74 Å². The summed E-state index contributed by atoms with van der Waals surface area (Å²) >= 11 is 0. The Labute approximate surface area is 206 Å². The monoisotopic (exact) mass is 494 g/mol. The molecule has 11 heteroatoms. The fourth-order valence-electron chi connectivity index (χ4n) is 5.10. The molecule has 2 fully saturated rings. The highest BCUT2D eigenvalue weighted by molar-refractivity contribution is 5.97. The third kappa shape index (κ3) is 3.88. The lowest BCUT2D eigenvalue weighted by Crippen LogP contribution is -2.30. The number of nitrogens with one attached hydrogen (secondary N) is 2. The summed E-state index contributed by atoms with van der Waals surface area (Å²) in [5.74, 6) is 0.536. The van der Waals surface area contributed by atoms with Gasteiger partial charge in [-0.3, -0.25) is 4.79 Å². The number of pyridine rings is 1. The SMILES string of the molecule is Cc1nc(NC2CC2)cc(NC2CCN(c3c(F)cc4c(=O)c(C(=O)O)cn5c4c3OC[C@@H]5C)C2)n1. The quantitative estimate of drug-likeness (QED) is 0.474. The number of aryl methyl sites for hydroxylation is 1. The first kappa shape index (κ1) is 22.6. The predicted octanol–water partition coefficient (Wildman–Crippen LogP) is 3.16. The van der Waals surface area contributed by atoms with E-state index in [-0.39, 0.29) is 35.4 Å². The van der Waals surface area contributed by atoms with Crippen LogP contribution in [0, 0.1) is 12.7 Å². The van der Waals surface area contributed by atoms with Crippen molar-refractivity contribution in [3.05, 3.63) is 45.8 Å². The lowest BCUT2D eigenvalue weighted by molar-refractivity contribution is 0.0694. The van der Waals surface area contributed by atoms with Crippen molar-refractivity contribution >= 4 is 34.2 Å². The maximum absolute atomic E-state index is 15.5. The number of carboxylic acid groups (broad SMARTS) is 1. The zero-order chi connectivity index (χ0) is 25.1. The van der Waals surface area contributed by atoms with Gasteiger partial charge in [0.2, 0.25) is 5.43 Å². The summed E-state index contributed by atoms with van der Waals surface area (Å²) in [4.78, 5) is 35.3. The number of anilines is 3. The maximum Gasteiger partial charge on any atom is 0.341 e. The number of carbonyl (C=O) groups is 1. The van der Waals surface area contributed by atoms with E-state index in [9.17, 15) is 14.7 Å². The molecule has 2 atom stereocenters. The Bertz CT molecular complexity index is 1450. The Kier molecular flexibility index (Phi) is 5.24. The fourth-order valence-corrected chi connectivity index (χ4v) is 5.10. The van der Waals surface area contributed by atoms with E-state index in [1.54, 1.807) is 4.57 Å². The summed E-state index contributed by atoms with van der Waals surface area (Å²) in [6, 6.07) is 3.34. The second kappa shape index (κ2) is 8.35. The van der Waals surface area contributed by atoms with Crippen molar-refractivity contribution in [2.75, 3.05) is 35.2 Å². The van der Waals surface area contributed by atoms with Crippen LogP contribution in [0.15, 0.2) is 23.1 Å². The molecule has 4 heterocycles. The number of rotatable bonds is 6. The van der Waals surface area contributed by atoms with E-state index in [1.165, 1.54) is 6.20 Å². The first-order valence-electron chi connectivity index (χ1n) is 12.2. The van der Waals surface area contributed by atoms with Crippen LogP contribution in [0.5, 0.6) is 5.75 Å². The maximum atomic E-state index is 15.5. The molecule has 0 bridgehead atoms. The Morgan fingerprint density at radius 1 is 1.17 bits per heavy atom. The third-order valence-electron chi connectivity index (χ3n) is 7.00. The van der Waals surface area contributed by atoms with Crippen molar-refractivity contribution in [1.29, 1.82) is 0 Å². The van der Waals surface area contributed by atoms with Crippen LogP contribution in [0.25, 0.3) is 10.9 Å². The number of aromatic nitrogens is 3. The van der Waals surface area contributed by atoms with Gasteiger partial charge in [0.15, 0.2) is 11.6 Å². The highest BCUT2D eigenvalue weighted by Gasteiger charge is 2.33. The van der Waals surface area contributed by atoms with Crippen LogP contribution in [0.1, 0.15) is 48.4 Å². The van der Waals surface area contributed by atoms with Crippen LogP contribution in [0.3, 0.4) is 0 Å². The van der Waals surface area contributed by atoms with E-state index in [0.29, 0.717) is 36.2 Å². The first-order valence-corrected chi connectivity index (χ1v) is 12.2. The van der Waals surface area contributed by atoms with Gasteiger partial charge in [-0.2, -0.15) is 0 Å². The molecule has 1 aliphatic carbocycles. The van der Waals surface area contributed by atoms with Gasteiger partial charge < -0.3 is 29.9 Å². The summed E-state index contributed by atoms with van der Waals surface area (Å²) < 4.78 is 23.2. The molecule has 3 aliphatic rings. The Morgan fingerprint density at radius 3 is 2.58 bits per heavy atom. The molecule has 1 aromatic carbocycles. The second-order valence-electron chi connectivity index (χ2n) is 9.86. The minimum absolute atomic E-state index is 0.0127. The van der Waals surface area contributed by atoms with Gasteiger partial charge in [0.05, 0.1) is 16.9 Å². The van der Waals surface area contributed by atoms with Crippen molar-refractivity contribution in [1.82, 2.24) is 14.5 Å². The summed E-state index contributed by atoms with van der Waals surface area (Å²) in [6.07, 6.45) is 4.39. The molecule has 1 saturated heterocycles. The molecular formula is C25H27FN6O4. The number of ether oxygens (including phenoxy) is 1. The standard InChI is InChI=1S/C25H27FN6O4/c1-12-11-36-24-21-16(23(33)17(25(34)35)10-32(12)21)7-18(26)22(24)31-6-5-15(9-31)30-20-8-19(27-13(2)28-20)29-14-3-4-14/h7-8,10,12,14-15H,3-6,9,11H2,1-2H3,(H,34,35)(H2,27,28,29,30)/t12-,15?/m0/s1. The van der Waals surface area contributed by atoms with Gasteiger partial charge >= 0.3 is 5.97 Å². The number of halogens is 1. The number of hydrogen-bond acceptors (Lipinski definition) is 8.